The number of benzene rings is 1. The summed E-state index contributed by atoms with van der Waals surface area (Å²) in [7, 11) is 1.76. The van der Waals surface area contributed by atoms with E-state index in [-0.39, 0.29) is 17.0 Å². The number of nitrogens with one attached hydrogen (secondary N) is 1. The van der Waals surface area contributed by atoms with Gasteiger partial charge in [0.1, 0.15) is 11.3 Å². The number of ketones is 1. The number of carbonyl (C=O) groups excluding carboxylic acids is 1. The number of aromatic nitrogens is 1. The summed E-state index contributed by atoms with van der Waals surface area (Å²) in [5.74, 6) is 0.310. The Hall–Kier alpha value is -3.31. The van der Waals surface area contributed by atoms with Gasteiger partial charge in [0.2, 0.25) is 0 Å². The zero-order valence-corrected chi connectivity index (χ0v) is 32.4. The summed E-state index contributed by atoms with van der Waals surface area (Å²) in [6.07, 6.45) is 11.4. The third-order valence-corrected chi connectivity index (χ3v) is 7.29. The second-order valence-corrected chi connectivity index (χ2v) is 14.5. The van der Waals surface area contributed by atoms with Gasteiger partial charge in [-0.15, -0.1) is 0 Å². The van der Waals surface area contributed by atoms with Crippen molar-refractivity contribution >= 4 is 28.5 Å². The van der Waals surface area contributed by atoms with Crippen LogP contribution in [0.4, 0.5) is 0 Å². The van der Waals surface area contributed by atoms with Gasteiger partial charge in [0, 0.05) is 36.2 Å². The zero-order valence-electron chi connectivity index (χ0n) is 31.7. The van der Waals surface area contributed by atoms with Crippen LogP contribution in [0.5, 0.6) is 0 Å². The average molecular weight is 667 g/mol. The maximum atomic E-state index is 11.6. The Labute approximate surface area is 291 Å². The number of nitrogens with zero attached hydrogens (tertiary/aromatic N) is 1. The molecule has 5 nitrogen and oxygen atoms in total. The van der Waals surface area contributed by atoms with Crippen molar-refractivity contribution in [3.63, 3.8) is 0 Å². The smallest absolute Gasteiger partial charge is 0.195 e. The van der Waals surface area contributed by atoms with Crippen molar-refractivity contribution in [2.75, 3.05) is 7.05 Å². The maximum absolute atomic E-state index is 11.6. The van der Waals surface area contributed by atoms with E-state index in [4.69, 9.17) is 21.1 Å². The minimum atomic E-state index is -0.131. The Balaban J connectivity index is 0.000000743. The molecule has 0 saturated carbocycles. The van der Waals surface area contributed by atoms with Crippen LogP contribution in [-0.4, -0.2) is 22.9 Å². The summed E-state index contributed by atoms with van der Waals surface area (Å²) in [4.78, 5) is 16.3. The molecule has 1 aromatic carbocycles. The van der Waals surface area contributed by atoms with Gasteiger partial charge in [-0.3, -0.25) is 4.79 Å². The van der Waals surface area contributed by atoms with E-state index in [1.807, 2.05) is 42.5 Å². The molecule has 0 aliphatic rings. The Morgan fingerprint density at radius 2 is 1.51 bits per heavy atom. The summed E-state index contributed by atoms with van der Waals surface area (Å²) >= 11 is 5.96. The highest BCUT2D eigenvalue weighted by Gasteiger charge is 2.23. The molecule has 0 unspecified atom stereocenters. The van der Waals surface area contributed by atoms with E-state index in [2.05, 4.69) is 93.0 Å². The molecule has 2 N–H and O–H groups in total. The van der Waals surface area contributed by atoms with Crippen LogP contribution in [0.25, 0.3) is 22.4 Å². The molecular weight excluding hydrogens is 604 g/mol. The first kappa shape index (κ1) is 43.7. The van der Waals surface area contributed by atoms with Crippen LogP contribution >= 0.6 is 11.6 Å². The number of furan rings is 1. The first-order valence-electron chi connectivity index (χ1n) is 17.0. The van der Waals surface area contributed by atoms with Crippen molar-refractivity contribution < 1.29 is 14.3 Å². The number of halogens is 1. The molecule has 2 heterocycles. The third kappa shape index (κ3) is 17.4. The van der Waals surface area contributed by atoms with Crippen LogP contribution in [0.3, 0.4) is 0 Å². The second-order valence-electron chi connectivity index (χ2n) is 14.0. The lowest BCUT2D eigenvalue weighted by molar-refractivity contribution is 0.0989. The quantitative estimate of drug-likeness (QED) is 0.135. The Morgan fingerprint density at radius 3 is 1.89 bits per heavy atom. The lowest BCUT2D eigenvalue weighted by Gasteiger charge is -2.20. The van der Waals surface area contributed by atoms with Gasteiger partial charge in [0.05, 0.1) is 11.4 Å². The van der Waals surface area contributed by atoms with E-state index >= 15 is 0 Å². The molecule has 0 aliphatic carbocycles. The van der Waals surface area contributed by atoms with Gasteiger partial charge in [-0.05, 0) is 54.9 Å². The predicted molar refractivity (Wildman–Crippen MR) is 206 cm³/mol. The van der Waals surface area contributed by atoms with Crippen molar-refractivity contribution in [1.29, 1.82) is 0 Å². The van der Waals surface area contributed by atoms with E-state index in [0.717, 1.165) is 29.7 Å². The highest BCUT2D eigenvalue weighted by atomic mass is 35.5. The molecule has 0 atom stereocenters. The van der Waals surface area contributed by atoms with Crippen LogP contribution in [0, 0.1) is 5.41 Å². The van der Waals surface area contributed by atoms with Gasteiger partial charge in [-0.2, -0.15) is 0 Å². The highest BCUT2D eigenvalue weighted by Crippen LogP contribution is 2.34. The van der Waals surface area contributed by atoms with E-state index < -0.39 is 0 Å². The summed E-state index contributed by atoms with van der Waals surface area (Å²) in [5, 5.41) is 12.7. The Kier molecular flexibility index (Phi) is 20.0. The van der Waals surface area contributed by atoms with Gasteiger partial charge < -0.3 is 14.8 Å². The van der Waals surface area contributed by atoms with Crippen molar-refractivity contribution in [3.05, 3.63) is 88.5 Å². The number of rotatable bonds is 9. The fourth-order valence-electron chi connectivity index (χ4n) is 4.30. The lowest BCUT2D eigenvalue weighted by Crippen LogP contribution is -2.12. The highest BCUT2D eigenvalue weighted by molar-refractivity contribution is 6.30. The third-order valence-electron chi connectivity index (χ3n) is 7.03. The summed E-state index contributed by atoms with van der Waals surface area (Å²) in [6.45, 7) is 28.9. The van der Waals surface area contributed by atoms with E-state index in [9.17, 15) is 4.79 Å². The molecule has 3 rings (SSSR count). The Morgan fingerprint density at radius 1 is 0.936 bits per heavy atom. The molecule has 6 heteroatoms. The monoisotopic (exact) mass is 666 g/mol. The number of aliphatic hydroxyl groups is 1. The molecule has 262 valence electrons. The van der Waals surface area contributed by atoms with Gasteiger partial charge in [-0.25, -0.2) is 4.98 Å². The van der Waals surface area contributed by atoms with E-state index in [0.29, 0.717) is 33.0 Å². The number of Topliss-reactive ketones (excluding diaryl/α,β-unsaturated/α-hetero) is 1. The normalized spacial score (nSPS) is 11.8. The molecular formula is C41H63ClN2O3. The number of unbranched alkanes of at least 4 members (excludes halogenated alkanes) is 1. The standard InChI is InChI=1S/C19H18ClNO2.C11H19NO.C7H16.C4H10/c1-11(22)17-10-16-18(23-17)14(19(2,3)4)9-15(21-16)12-5-7-13(20)8-6-12;1-5-6-9(2)7-8-11(12-4)10(3)13;1-5-6-7(2,3)4;1-3-4-2/h5-10H,1-4H3;7-8,12-13H,3,5-6H2,1-2,4H3;5-6H2,1-4H3;3-4H2,1-2H3/b;9-7-,11-8-;;. The summed E-state index contributed by atoms with van der Waals surface area (Å²) < 4.78 is 5.76. The van der Waals surface area contributed by atoms with Crippen molar-refractivity contribution in [2.45, 2.75) is 127 Å². The SMILES string of the molecule is C=C(O)/C(=C/C=C(/C)CCC)NC.CC(=O)c1cc2nc(-c3ccc(Cl)cc3)cc(C(C)(C)C)c2o1.CCCC.CCCC(C)(C)C. The number of hydrogen-bond acceptors (Lipinski definition) is 5. The fourth-order valence-corrected chi connectivity index (χ4v) is 4.42. The molecule has 0 amide bonds. The minimum Gasteiger partial charge on any atom is -0.506 e. The first-order valence-corrected chi connectivity index (χ1v) is 17.4. The van der Waals surface area contributed by atoms with Crippen LogP contribution in [0.15, 0.2) is 76.6 Å². The van der Waals surface area contributed by atoms with Crippen LogP contribution < -0.4 is 5.32 Å². The van der Waals surface area contributed by atoms with Gasteiger partial charge in [0.25, 0.3) is 0 Å². The minimum absolute atomic E-state index is 0.0723. The fraction of sp³-hybridized carbons (Fsp3) is 0.512. The van der Waals surface area contributed by atoms with Crippen molar-refractivity contribution in [1.82, 2.24) is 10.3 Å². The number of carbonyl (C=O) groups is 1. The van der Waals surface area contributed by atoms with Crippen molar-refractivity contribution in [3.8, 4) is 11.3 Å². The van der Waals surface area contributed by atoms with Crippen LogP contribution in [-0.2, 0) is 5.41 Å². The molecule has 2 aromatic heterocycles. The number of likely N-dealkylation sites (N-methyl/N-ethyl adjacent to an activating group) is 1. The first-order chi connectivity index (χ1) is 21.8. The summed E-state index contributed by atoms with van der Waals surface area (Å²) in [5.41, 5.74) is 6.62. The average Bonchev–Trinajstić information content (AvgIpc) is 3.42. The van der Waals surface area contributed by atoms with Gasteiger partial charge in [0.15, 0.2) is 17.1 Å². The number of allylic oxidation sites excluding steroid dienone is 3. The summed E-state index contributed by atoms with van der Waals surface area (Å²) in [6, 6.07) is 11.3. The number of hydrogen-bond donors (Lipinski definition) is 2. The number of aliphatic hydroxyl groups excluding tert-OH is 1. The second kappa shape index (κ2) is 21.5. The molecule has 3 aromatic rings. The molecule has 0 fully saturated rings. The Bertz CT molecular complexity index is 1430. The maximum Gasteiger partial charge on any atom is 0.195 e. The molecule has 47 heavy (non-hydrogen) atoms. The van der Waals surface area contributed by atoms with Crippen molar-refractivity contribution in [2.24, 2.45) is 5.41 Å². The topological polar surface area (TPSA) is 75.4 Å². The van der Waals surface area contributed by atoms with Crippen LogP contribution in [0.1, 0.15) is 138 Å². The molecule has 0 radical (unpaired) electrons. The number of pyridine rings is 1. The molecule has 0 aliphatic heterocycles. The number of fused-ring (bicyclic) bond motifs is 1. The van der Waals surface area contributed by atoms with Gasteiger partial charge >= 0.3 is 0 Å². The van der Waals surface area contributed by atoms with Crippen LogP contribution in [0.2, 0.25) is 5.02 Å². The predicted octanol–water partition coefficient (Wildman–Crippen LogP) is 13.2. The molecule has 0 spiro atoms. The van der Waals surface area contributed by atoms with Gasteiger partial charge in [-0.1, -0.05) is 137 Å². The largest absolute Gasteiger partial charge is 0.506 e. The molecule has 0 bridgehead atoms. The molecule has 0 saturated heterocycles. The van der Waals surface area contributed by atoms with E-state index in [1.165, 1.54) is 38.2 Å². The lowest BCUT2D eigenvalue weighted by atomic mass is 9.86. The van der Waals surface area contributed by atoms with E-state index in [1.54, 1.807) is 13.1 Å². The zero-order chi connectivity index (χ0) is 36.4.